The molecule has 1 aromatic heterocycles. The van der Waals surface area contributed by atoms with Crippen molar-refractivity contribution in [2.75, 3.05) is 13.2 Å². The minimum atomic E-state index is -0.622. The summed E-state index contributed by atoms with van der Waals surface area (Å²) in [6.07, 6.45) is 4.55. The summed E-state index contributed by atoms with van der Waals surface area (Å²) < 4.78 is 5.06. The lowest BCUT2D eigenvalue weighted by atomic mass is 9.73. The van der Waals surface area contributed by atoms with Gasteiger partial charge >= 0.3 is 5.97 Å². The summed E-state index contributed by atoms with van der Waals surface area (Å²) in [5.74, 6) is -1.53. The predicted octanol–water partition coefficient (Wildman–Crippen LogP) is 2.70. The highest BCUT2D eigenvalue weighted by atomic mass is 16.5. The monoisotopic (exact) mass is 374 g/mol. The molecule has 7 heteroatoms. The molecule has 146 valence electrons. The molecule has 1 saturated carbocycles. The number of carbonyl (C=O) groups is 4. The van der Waals surface area contributed by atoms with Crippen LogP contribution in [-0.2, 0) is 14.3 Å². The number of aromatic amines is 1. The maximum absolute atomic E-state index is 13.0. The maximum atomic E-state index is 13.0. The van der Waals surface area contributed by atoms with Gasteiger partial charge in [0.25, 0.3) is 0 Å². The number of Topliss-reactive ketones (excluding diaryl/α,β-unsaturated/α-hetero) is 1. The van der Waals surface area contributed by atoms with Gasteiger partial charge in [-0.05, 0) is 33.6 Å². The number of ketones is 1. The Morgan fingerprint density at radius 3 is 2.33 bits per heavy atom. The number of ether oxygens (including phenoxy) is 1. The second-order valence-corrected chi connectivity index (χ2v) is 7.57. The highest BCUT2D eigenvalue weighted by Crippen LogP contribution is 2.45. The van der Waals surface area contributed by atoms with Gasteiger partial charge in [0.2, 0.25) is 11.8 Å². The number of likely N-dealkylation sites (tertiary alicyclic amines) is 1. The van der Waals surface area contributed by atoms with Crippen LogP contribution < -0.4 is 0 Å². The molecule has 0 bridgehead atoms. The molecule has 7 nitrogen and oxygen atoms in total. The van der Waals surface area contributed by atoms with Gasteiger partial charge in [-0.2, -0.15) is 0 Å². The number of aryl methyl sites for hydroxylation is 2. The number of esters is 1. The van der Waals surface area contributed by atoms with Gasteiger partial charge < -0.3 is 9.72 Å². The minimum Gasteiger partial charge on any atom is -0.462 e. The van der Waals surface area contributed by atoms with Crippen molar-refractivity contribution >= 4 is 23.6 Å². The Hall–Kier alpha value is -2.44. The molecule has 0 radical (unpaired) electrons. The molecule has 2 aliphatic rings. The Kier molecular flexibility index (Phi) is 5.22. The third kappa shape index (κ3) is 3.31. The molecule has 1 spiro atoms. The number of aromatic nitrogens is 1. The normalized spacial score (nSPS) is 19.0. The molecule has 0 unspecified atom stereocenters. The van der Waals surface area contributed by atoms with Crippen LogP contribution in [0.1, 0.15) is 77.6 Å². The molecule has 2 fully saturated rings. The number of H-pyrrole nitrogens is 1. The van der Waals surface area contributed by atoms with Gasteiger partial charge in [-0.3, -0.25) is 19.3 Å². The zero-order chi connectivity index (χ0) is 19.8. The third-order valence-electron chi connectivity index (χ3n) is 5.74. The third-order valence-corrected chi connectivity index (χ3v) is 5.74. The average molecular weight is 374 g/mol. The number of nitrogens with one attached hydrogen (secondary N) is 1. The molecule has 3 rings (SSSR count). The molecular formula is C20H26N2O5. The number of rotatable bonds is 5. The van der Waals surface area contributed by atoms with E-state index in [9.17, 15) is 19.2 Å². The molecule has 2 heterocycles. The van der Waals surface area contributed by atoms with E-state index in [1.807, 2.05) is 0 Å². The second-order valence-electron chi connectivity index (χ2n) is 7.57. The lowest BCUT2D eigenvalue weighted by molar-refractivity contribution is -0.141. The number of carbonyl (C=O) groups excluding carboxylic acids is 4. The van der Waals surface area contributed by atoms with Crippen molar-refractivity contribution in [1.29, 1.82) is 0 Å². The van der Waals surface area contributed by atoms with Crippen LogP contribution in [0.15, 0.2) is 0 Å². The molecule has 1 aromatic rings. The predicted molar refractivity (Wildman–Crippen MR) is 97.4 cm³/mol. The molecule has 0 atom stereocenters. The highest BCUT2D eigenvalue weighted by Gasteiger charge is 2.52. The van der Waals surface area contributed by atoms with Crippen molar-refractivity contribution < 1.29 is 23.9 Å². The fourth-order valence-corrected chi connectivity index (χ4v) is 4.45. The Morgan fingerprint density at radius 1 is 1.07 bits per heavy atom. The van der Waals surface area contributed by atoms with Crippen LogP contribution in [0, 0.1) is 19.3 Å². The van der Waals surface area contributed by atoms with E-state index in [1.54, 1.807) is 20.8 Å². The van der Waals surface area contributed by atoms with Crippen molar-refractivity contribution in [3.63, 3.8) is 0 Å². The smallest absolute Gasteiger partial charge is 0.340 e. The first-order valence-corrected chi connectivity index (χ1v) is 9.55. The number of imide groups is 1. The van der Waals surface area contributed by atoms with Gasteiger partial charge in [-0.1, -0.05) is 19.3 Å². The van der Waals surface area contributed by atoms with E-state index >= 15 is 0 Å². The maximum Gasteiger partial charge on any atom is 0.340 e. The lowest BCUT2D eigenvalue weighted by Crippen LogP contribution is -2.40. The molecule has 1 saturated heterocycles. The van der Waals surface area contributed by atoms with E-state index in [2.05, 4.69) is 4.98 Å². The summed E-state index contributed by atoms with van der Waals surface area (Å²) in [5, 5.41) is 0. The Balaban J connectivity index is 1.85. The van der Waals surface area contributed by atoms with Crippen LogP contribution in [0.25, 0.3) is 0 Å². The fourth-order valence-electron chi connectivity index (χ4n) is 4.45. The lowest BCUT2D eigenvalue weighted by Gasteiger charge is -2.30. The minimum absolute atomic E-state index is 0.186. The quantitative estimate of drug-likeness (QED) is 0.486. The summed E-state index contributed by atoms with van der Waals surface area (Å²) in [6.45, 7) is 4.95. The van der Waals surface area contributed by atoms with Crippen molar-refractivity contribution in [1.82, 2.24) is 9.88 Å². The van der Waals surface area contributed by atoms with E-state index in [1.165, 1.54) is 0 Å². The van der Waals surface area contributed by atoms with E-state index < -0.39 is 17.2 Å². The van der Waals surface area contributed by atoms with Gasteiger partial charge in [-0.15, -0.1) is 0 Å². The second kappa shape index (κ2) is 7.29. The number of nitrogens with zero attached hydrogens (tertiary/aromatic N) is 1. The number of amides is 2. The van der Waals surface area contributed by atoms with Crippen LogP contribution in [-0.4, -0.2) is 46.6 Å². The molecule has 27 heavy (non-hydrogen) atoms. The molecule has 1 aliphatic heterocycles. The first kappa shape index (κ1) is 19.3. The van der Waals surface area contributed by atoms with Gasteiger partial charge in [0, 0.05) is 17.8 Å². The van der Waals surface area contributed by atoms with Crippen molar-refractivity contribution in [2.45, 2.75) is 59.3 Å². The summed E-state index contributed by atoms with van der Waals surface area (Å²) in [5.41, 5.74) is 0.842. The van der Waals surface area contributed by atoms with Gasteiger partial charge in [0.05, 0.1) is 29.7 Å². The topological polar surface area (TPSA) is 96.5 Å². The zero-order valence-electron chi connectivity index (χ0n) is 16.1. The Bertz CT molecular complexity index is 802. The zero-order valence-corrected chi connectivity index (χ0v) is 16.1. The highest BCUT2D eigenvalue weighted by molar-refractivity contribution is 6.13. The number of hydrogen-bond acceptors (Lipinski definition) is 5. The van der Waals surface area contributed by atoms with Crippen molar-refractivity contribution in [3.05, 3.63) is 22.5 Å². The van der Waals surface area contributed by atoms with Crippen LogP contribution in [0.5, 0.6) is 0 Å². The Labute approximate surface area is 158 Å². The standard InChI is InChI=1S/C20H26N2O5/c1-4-27-18(25)17-13(3)21-12(2)16(17)14(23)11-22-15(24)10-20(19(22)26)8-6-5-7-9-20/h21H,4-11H2,1-3H3. The fraction of sp³-hybridized carbons (Fsp3) is 0.600. The first-order valence-electron chi connectivity index (χ1n) is 9.55. The van der Waals surface area contributed by atoms with Crippen molar-refractivity contribution in [3.8, 4) is 0 Å². The summed E-state index contributed by atoms with van der Waals surface area (Å²) in [4.78, 5) is 54.7. The van der Waals surface area contributed by atoms with Crippen LogP contribution >= 0.6 is 0 Å². The van der Waals surface area contributed by atoms with Crippen LogP contribution in [0.4, 0.5) is 0 Å². The number of hydrogen-bond donors (Lipinski definition) is 1. The molecular weight excluding hydrogens is 348 g/mol. The SMILES string of the molecule is CCOC(=O)c1c(C)[nH]c(C)c1C(=O)CN1C(=O)CC2(CCCCC2)C1=O. The van der Waals surface area contributed by atoms with Crippen LogP contribution in [0.2, 0.25) is 0 Å². The largest absolute Gasteiger partial charge is 0.462 e. The van der Waals surface area contributed by atoms with Gasteiger partial charge in [-0.25, -0.2) is 4.79 Å². The van der Waals surface area contributed by atoms with E-state index in [-0.39, 0.29) is 42.5 Å². The molecule has 1 aliphatic carbocycles. The molecule has 0 aromatic carbocycles. The summed E-state index contributed by atoms with van der Waals surface area (Å²) in [7, 11) is 0. The van der Waals surface area contributed by atoms with E-state index in [4.69, 9.17) is 4.74 Å². The summed E-state index contributed by atoms with van der Waals surface area (Å²) in [6, 6.07) is 0. The van der Waals surface area contributed by atoms with E-state index in [0.29, 0.717) is 24.2 Å². The van der Waals surface area contributed by atoms with Gasteiger partial charge in [0.15, 0.2) is 5.78 Å². The first-order chi connectivity index (χ1) is 12.8. The molecule has 1 N–H and O–H groups in total. The Morgan fingerprint density at radius 2 is 1.70 bits per heavy atom. The van der Waals surface area contributed by atoms with Crippen LogP contribution in [0.3, 0.4) is 0 Å². The van der Waals surface area contributed by atoms with Gasteiger partial charge in [0.1, 0.15) is 0 Å². The van der Waals surface area contributed by atoms with Crippen molar-refractivity contribution in [2.24, 2.45) is 5.41 Å². The average Bonchev–Trinajstić information content (AvgIpc) is 3.04. The molecule has 2 amide bonds. The summed E-state index contributed by atoms with van der Waals surface area (Å²) >= 11 is 0. The van der Waals surface area contributed by atoms with E-state index in [0.717, 1.165) is 24.2 Å².